The zero-order valence-electron chi connectivity index (χ0n) is 13.5. The van der Waals surface area contributed by atoms with E-state index >= 15 is 0 Å². The van der Waals surface area contributed by atoms with E-state index in [0.717, 1.165) is 29.0 Å². The fraction of sp³-hybridized carbons (Fsp3) is 0.529. The molecule has 0 aromatic heterocycles. The van der Waals surface area contributed by atoms with Crippen LogP contribution in [-0.2, 0) is 12.8 Å². The molecule has 1 aromatic carbocycles. The minimum absolute atomic E-state index is 0.500. The second-order valence-electron chi connectivity index (χ2n) is 6.64. The molecule has 0 bridgehead atoms. The number of benzene rings is 1. The standard InChI is InChI=1S/C17H24O3Si/c1-19-15-6-7-16(20-2)14-12-17(18,9-8-13(14)15)10-11-21(3,4)5/h6-7,18H,8-9,12H2,1-5H3/t17-/m1/s1. The van der Waals surface area contributed by atoms with Crippen LogP contribution in [0.1, 0.15) is 17.5 Å². The lowest BCUT2D eigenvalue weighted by molar-refractivity contribution is 0.0849. The van der Waals surface area contributed by atoms with Gasteiger partial charge in [-0.3, -0.25) is 0 Å². The highest BCUT2D eigenvalue weighted by Crippen LogP contribution is 2.39. The van der Waals surface area contributed by atoms with Crippen molar-refractivity contribution in [1.29, 1.82) is 0 Å². The van der Waals surface area contributed by atoms with Crippen molar-refractivity contribution >= 4 is 8.07 Å². The van der Waals surface area contributed by atoms with Crippen molar-refractivity contribution in [3.63, 3.8) is 0 Å². The molecule has 1 aliphatic carbocycles. The number of aliphatic hydroxyl groups is 1. The van der Waals surface area contributed by atoms with E-state index in [4.69, 9.17) is 9.47 Å². The van der Waals surface area contributed by atoms with Gasteiger partial charge in [-0.05, 0) is 25.0 Å². The molecule has 2 rings (SSSR count). The molecular weight excluding hydrogens is 280 g/mol. The fourth-order valence-electron chi connectivity index (χ4n) is 2.62. The van der Waals surface area contributed by atoms with Gasteiger partial charge in [-0.15, -0.1) is 5.54 Å². The van der Waals surface area contributed by atoms with E-state index < -0.39 is 13.7 Å². The summed E-state index contributed by atoms with van der Waals surface area (Å²) in [5.41, 5.74) is 4.50. The lowest BCUT2D eigenvalue weighted by Gasteiger charge is -2.31. The van der Waals surface area contributed by atoms with E-state index in [-0.39, 0.29) is 0 Å². The minimum atomic E-state index is -1.50. The van der Waals surface area contributed by atoms with Crippen molar-refractivity contribution in [2.24, 2.45) is 0 Å². The van der Waals surface area contributed by atoms with Gasteiger partial charge >= 0.3 is 0 Å². The first-order chi connectivity index (χ1) is 9.78. The molecule has 0 amide bonds. The lowest BCUT2D eigenvalue weighted by atomic mass is 9.80. The molecule has 0 unspecified atom stereocenters. The maximum absolute atomic E-state index is 10.8. The average Bonchev–Trinajstić information content (AvgIpc) is 2.43. The van der Waals surface area contributed by atoms with Gasteiger partial charge in [0.05, 0.1) is 14.2 Å². The van der Waals surface area contributed by atoms with Crippen LogP contribution in [0.3, 0.4) is 0 Å². The number of ether oxygens (including phenoxy) is 2. The first-order valence-electron chi connectivity index (χ1n) is 7.27. The minimum Gasteiger partial charge on any atom is -0.496 e. The second-order valence-corrected chi connectivity index (χ2v) is 11.4. The zero-order chi connectivity index (χ0) is 15.7. The van der Waals surface area contributed by atoms with E-state index in [1.54, 1.807) is 14.2 Å². The van der Waals surface area contributed by atoms with Crippen LogP contribution in [0.25, 0.3) is 0 Å². The highest BCUT2D eigenvalue weighted by atomic mass is 28.3. The summed E-state index contributed by atoms with van der Waals surface area (Å²) in [5.74, 6) is 4.81. The van der Waals surface area contributed by atoms with Gasteiger partial charge in [-0.2, -0.15) is 0 Å². The van der Waals surface area contributed by atoms with Gasteiger partial charge in [0.1, 0.15) is 25.2 Å². The first kappa shape index (κ1) is 15.9. The summed E-state index contributed by atoms with van der Waals surface area (Å²) in [5, 5.41) is 10.8. The van der Waals surface area contributed by atoms with Crippen LogP contribution in [0.4, 0.5) is 0 Å². The SMILES string of the molecule is COc1ccc(OC)c2c1CC[C@@](O)(C#C[Si](C)(C)C)C2. The molecule has 1 N–H and O–H groups in total. The maximum Gasteiger partial charge on any atom is 0.129 e. The van der Waals surface area contributed by atoms with Gasteiger partial charge in [0.15, 0.2) is 0 Å². The predicted octanol–water partition coefficient (Wildman–Crippen LogP) is 2.80. The van der Waals surface area contributed by atoms with Crippen molar-refractivity contribution in [1.82, 2.24) is 0 Å². The molecule has 0 fully saturated rings. The third-order valence-electron chi connectivity index (χ3n) is 3.71. The summed E-state index contributed by atoms with van der Waals surface area (Å²) in [6, 6.07) is 3.82. The van der Waals surface area contributed by atoms with E-state index in [9.17, 15) is 5.11 Å². The average molecular weight is 304 g/mol. The smallest absolute Gasteiger partial charge is 0.129 e. The molecule has 1 atom stereocenters. The third kappa shape index (κ3) is 3.61. The number of fused-ring (bicyclic) bond motifs is 1. The van der Waals surface area contributed by atoms with E-state index in [1.807, 2.05) is 12.1 Å². The molecule has 0 radical (unpaired) electrons. The Morgan fingerprint density at radius 3 is 2.19 bits per heavy atom. The van der Waals surface area contributed by atoms with Gasteiger partial charge in [0, 0.05) is 17.5 Å². The molecule has 0 saturated carbocycles. The number of methoxy groups -OCH3 is 2. The summed E-state index contributed by atoms with van der Waals surface area (Å²) in [7, 11) is 1.83. The topological polar surface area (TPSA) is 38.7 Å². The Labute approximate surface area is 128 Å². The van der Waals surface area contributed by atoms with Crippen molar-refractivity contribution in [2.75, 3.05) is 14.2 Å². The van der Waals surface area contributed by atoms with E-state index in [1.165, 1.54) is 0 Å². The molecule has 0 aliphatic heterocycles. The van der Waals surface area contributed by atoms with Crippen LogP contribution in [0.2, 0.25) is 19.6 Å². The number of hydrogen-bond acceptors (Lipinski definition) is 3. The Hall–Kier alpha value is -1.44. The molecule has 0 spiro atoms. The molecule has 1 aliphatic rings. The van der Waals surface area contributed by atoms with Gasteiger partial charge in [-0.25, -0.2) is 0 Å². The Bertz CT molecular complexity index is 593. The maximum atomic E-state index is 10.8. The second kappa shape index (κ2) is 5.74. The quantitative estimate of drug-likeness (QED) is 0.674. The Balaban J connectivity index is 2.41. The van der Waals surface area contributed by atoms with E-state index in [0.29, 0.717) is 12.8 Å². The zero-order valence-corrected chi connectivity index (χ0v) is 14.5. The molecule has 3 nitrogen and oxygen atoms in total. The van der Waals surface area contributed by atoms with Crippen LogP contribution in [-0.4, -0.2) is 33.0 Å². The predicted molar refractivity (Wildman–Crippen MR) is 87.6 cm³/mol. The molecule has 21 heavy (non-hydrogen) atoms. The van der Waals surface area contributed by atoms with Crippen LogP contribution >= 0.6 is 0 Å². The van der Waals surface area contributed by atoms with Crippen LogP contribution in [0.5, 0.6) is 11.5 Å². The Morgan fingerprint density at radius 2 is 1.67 bits per heavy atom. The van der Waals surface area contributed by atoms with Gasteiger partial charge < -0.3 is 14.6 Å². The monoisotopic (exact) mass is 304 g/mol. The Kier molecular flexibility index (Phi) is 4.36. The van der Waals surface area contributed by atoms with Crippen LogP contribution in [0.15, 0.2) is 12.1 Å². The van der Waals surface area contributed by atoms with Crippen molar-refractivity contribution in [2.45, 2.75) is 44.5 Å². The summed E-state index contributed by atoms with van der Waals surface area (Å²) >= 11 is 0. The van der Waals surface area contributed by atoms with Gasteiger partial charge in [0.2, 0.25) is 0 Å². The van der Waals surface area contributed by atoms with Crippen molar-refractivity contribution in [3.05, 3.63) is 23.3 Å². The molecular formula is C17H24O3Si. The normalized spacial score (nSPS) is 21.0. The first-order valence-corrected chi connectivity index (χ1v) is 10.8. The van der Waals surface area contributed by atoms with Crippen molar-refractivity contribution in [3.8, 4) is 23.0 Å². The van der Waals surface area contributed by atoms with Crippen LogP contribution < -0.4 is 9.47 Å². The molecule has 1 aromatic rings. The molecule has 0 heterocycles. The third-order valence-corrected chi connectivity index (χ3v) is 4.59. The largest absolute Gasteiger partial charge is 0.496 e. The summed E-state index contributed by atoms with van der Waals surface area (Å²) in [6.45, 7) is 6.55. The van der Waals surface area contributed by atoms with Crippen molar-refractivity contribution < 1.29 is 14.6 Å². The summed E-state index contributed by atoms with van der Waals surface area (Å²) in [4.78, 5) is 0. The Morgan fingerprint density at radius 1 is 1.10 bits per heavy atom. The molecule has 4 heteroatoms. The highest BCUT2D eigenvalue weighted by Gasteiger charge is 2.34. The molecule has 114 valence electrons. The number of hydrogen-bond donors (Lipinski definition) is 1. The number of rotatable bonds is 2. The summed E-state index contributed by atoms with van der Waals surface area (Å²) < 4.78 is 10.9. The lowest BCUT2D eigenvalue weighted by Crippen LogP contribution is -2.35. The molecule has 0 saturated heterocycles. The van der Waals surface area contributed by atoms with E-state index in [2.05, 4.69) is 31.1 Å². The van der Waals surface area contributed by atoms with Gasteiger partial charge in [-0.1, -0.05) is 25.6 Å². The summed E-state index contributed by atoms with van der Waals surface area (Å²) in [6.07, 6.45) is 1.90. The van der Waals surface area contributed by atoms with Gasteiger partial charge in [0.25, 0.3) is 0 Å². The fourth-order valence-corrected chi connectivity index (χ4v) is 3.23. The van der Waals surface area contributed by atoms with Crippen LogP contribution in [0, 0.1) is 11.5 Å². The highest BCUT2D eigenvalue weighted by molar-refractivity contribution is 6.83.